The van der Waals surface area contributed by atoms with Gasteiger partial charge in [0.15, 0.2) is 0 Å². The molecule has 0 aromatic heterocycles. The van der Waals surface area contributed by atoms with Crippen molar-refractivity contribution >= 4 is 0 Å². The van der Waals surface area contributed by atoms with Crippen LogP contribution in [0.4, 0.5) is 0 Å². The van der Waals surface area contributed by atoms with Crippen LogP contribution in [0.25, 0.3) is 0 Å². The molecule has 2 heterocycles. The fraction of sp³-hybridized carbons (Fsp3) is 1.00. The summed E-state index contributed by atoms with van der Waals surface area (Å²) in [6.07, 6.45) is 4.11. The van der Waals surface area contributed by atoms with Crippen molar-refractivity contribution in [1.29, 1.82) is 0 Å². The minimum Gasteiger partial charge on any atom is -0.377 e. The topological polar surface area (TPSA) is 33.3 Å². The molecule has 2 rings (SSSR count). The summed E-state index contributed by atoms with van der Waals surface area (Å²) in [5.74, 6) is 0.834. The molecule has 2 aliphatic rings. The molecule has 94 valence electrons. The average Bonchev–Trinajstić information content (AvgIpc) is 2.58. The molecule has 2 aliphatic heterocycles. The lowest BCUT2D eigenvalue weighted by Crippen LogP contribution is -2.51. The van der Waals surface area contributed by atoms with Gasteiger partial charge in [-0.05, 0) is 59.0 Å². The number of ether oxygens (including phenoxy) is 1. The van der Waals surface area contributed by atoms with Gasteiger partial charge in [-0.15, -0.1) is 0 Å². The lowest BCUT2D eigenvalue weighted by Gasteiger charge is -2.34. The summed E-state index contributed by atoms with van der Waals surface area (Å²) < 4.78 is 5.65. The van der Waals surface area contributed by atoms with Crippen LogP contribution >= 0.6 is 0 Å². The number of hydrogen-bond acceptors (Lipinski definition) is 3. The highest BCUT2D eigenvalue weighted by atomic mass is 16.5. The number of nitrogens with one attached hydrogen (secondary N) is 2. The zero-order valence-electron chi connectivity index (χ0n) is 10.9. The summed E-state index contributed by atoms with van der Waals surface area (Å²) in [7, 11) is 0. The van der Waals surface area contributed by atoms with Crippen molar-refractivity contribution in [3.8, 4) is 0 Å². The maximum Gasteiger partial charge on any atom is 0.0726 e. The summed E-state index contributed by atoms with van der Waals surface area (Å²) in [6.45, 7) is 10.0. The fourth-order valence-corrected chi connectivity index (χ4v) is 2.86. The number of rotatable bonds is 3. The van der Waals surface area contributed by atoms with Gasteiger partial charge in [-0.25, -0.2) is 0 Å². The Morgan fingerprint density at radius 1 is 1.44 bits per heavy atom. The molecule has 16 heavy (non-hydrogen) atoms. The molecule has 0 saturated carbocycles. The van der Waals surface area contributed by atoms with E-state index < -0.39 is 0 Å². The predicted octanol–water partition coefficient (Wildman–Crippen LogP) is 1.53. The fourth-order valence-electron chi connectivity index (χ4n) is 2.86. The van der Waals surface area contributed by atoms with Crippen molar-refractivity contribution in [1.82, 2.24) is 10.6 Å². The van der Waals surface area contributed by atoms with E-state index in [1.165, 1.54) is 19.4 Å². The minimum atomic E-state index is 0.202. The molecule has 0 bridgehead atoms. The molecule has 4 atom stereocenters. The molecule has 0 radical (unpaired) electrons. The molecule has 0 amide bonds. The number of hydrogen-bond donors (Lipinski definition) is 2. The van der Waals surface area contributed by atoms with Gasteiger partial charge in [0.2, 0.25) is 0 Å². The van der Waals surface area contributed by atoms with Gasteiger partial charge in [0.05, 0.1) is 6.10 Å². The third-order valence-electron chi connectivity index (χ3n) is 4.41. The Morgan fingerprint density at radius 3 is 2.88 bits per heavy atom. The van der Waals surface area contributed by atoms with E-state index in [4.69, 9.17) is 4.74 Å². The second-order valence-electron chi connectivity index (χ2n) is 5.81. The van der Waals surface area contributed by atoms with Crippen LogP contribution < -0.4 is 10.6 Å². The first-order valence-corrected chi connectivity index (χ1v) is 6.70. The van der Waals surface area contributed by atoms with Crippen molar-refractivity contribution in [3.05, 3.63) is 0 Å². The molecule has 0 aromatic rings. The SMILES string of the molecule is CC1CC(CNC2(C)CCOC2C)CCN1. The first-order chi connectivity index (χ1) is 7.60. The Labute approximate surface area is 99.3 Å². The Hall–Kier alpha value is -0.120. The maximum absolute atomic E-state index is 5.65. The maximum atomic E-state index is 5.65. The van der Waals surface area contributed by atoms with Crippen molar-refractivity contribution in [3.63, 3.8) is 0 Å². The quantitative estimate of drug-likeness (QED) is 0.766. The smallest absolute Gasteiger partial charge is 0.0726 e. The van der Waals surface area contributed by atoms with Crippen LogP contribution in [0.3, 0.4) is 0 Å². The third-order valence-corrected chi connectivity index (χ3v) is 4.41. The minimum absolute atomic E-state index is 0.202. The van der Waals surface area contributed by atoms with E-state index in [2.05, 4.69) is 31.4 Å². The highest BCUT2D eigenvalue weighted by Gasteiger charge is 2.36. The van der Waals surface area contributed by atoms with Crippen LogP contribution in [0, 0.1) is 5.92 Å². The highest BCUT2D eigenvalue weighted by Crippen LogP contribution is 2.26. The summed E-state index contributed by atoms with van der Waals surface area (Å²) in [6, 6.07) is 0.686. The summed E-state index contributed by atoms with van der Waals surface area (Å²) in [5.41, 5.74) is 0.202. The normalized spacial score (nSPS) is 44.8. The molecule has 0 aromatic carbocycles. The number of piperidine rings is 1. The van der Waals surface area contributed by atoms with E-state index >= 15 is 0 Å². The average molecular weight is 226 g/mol. The van der Waals surface area contributed by atoms with Gasteiger partial charge in [-0.3, -0.25) is 0 Å². The predicted molar refractivity (Wildman–Crippen MR) is 66.6 cm³/mol. The van der Waals surface area contributed by atoms with E-state index in [0.717, 1.165) is 25.5 Å². The largest absolute Gasteiger partial charge is 0.377 e. The molecule has 0 spiro atoms. The van der Waals surface area contributed by atoms with Crippen molar-refractivity contribution in [2.45, 2.75) is 57.7 Å². The Bertz CT molecular complexity index is 234. The van der Waals surface area contributed by atoms with Crippen molar-refractivity contribution in [2.24, 2.45) is 5.92 Å². The molecule has 2 N–H and O–H groups in total. The Morgan fingerprint density at radius 2 is 2.25 bits per heavy atom. The van der Waals surface area contributed by atoms with Crippen LogP contribution in [0.1, 0.15) is 40.0 Å². The van der Waals surface area contributed by atoms with Crippen LogP contribution in [-0.4, -0.2) is 37.4 Å². The Kier molecular flexibility index (Phi) is 3.88. The van der Waals surface area contributed by atoms with Gasteiger partial charge in [0.1, 0.15) is 0 Å². The van der Waals surface area contributed by atoms with E-state index in [0.29, 0.717) is 12.1 Å². The summed E-state index contributed by atoms with van der Waals surface area (Å²) >= 11 is 0. The van der Waals surface area contributed by atoms with Gasteiger partial charge in [-0.1, -0.05) is 0 Å². The van der Waals surface area contributed by atoms with E-state index in [1.54, 1.807) is 0 Å². The molecule has 2 fully saturated rings. The van der Waals surface area contributed by atoms with Gasteiger partial charge >= 0.3 is 0 Å². The molecule has 0 aliphatic carbocycles. The molecular formula is C13H26N2O. The van der Waals surface area contributed by atoms with E-state index in [-0.39, 0.29) is 5.54 Å². The second-order valence-corrected chi connectivity index (χ2v) is 5.81. The summed E-state index contributed by atoms with van der Waals surface area (Å²) in [5, 5.41) is 7.25. The summed E-state index contributed by atoms with van der Waals surface area (Å²) in [4.78, 5) is 0. The first kappa shape index (κ1) is 12.3. The molecule has 3 heteroatoms. The zero-order chi connectivity index (χ0) is 11.6. The monoisotopic (exact) mass is 226 g/mol. The molecule has 4 unspecified atom stereocenters. The molecule has 2 saturated heterocycles. The first-order valence-electron chi connectivity index (χ1n) is 6.70. The molecule has 3 nitrogen and oxygen atoms in total. The second kappa shape index (κ2) is 5.03. The van der Waals surface area contributed by atoms with Crippen LogP contribution in [0.15, 0.2) is 0 Å². The van der Waals surface area contributed by atoms with Gasteiger partial charge < -0.3 is 15.4 Å². The van der Waals surface area contributed by atoms with Gasteiger partial charge in [0, 0.05) is 18.2 Å². The zero-order valence-corrected chi connectivity index (χ0v) is 10.9. The van der Waals surface area contributed by atoms with Crippen molar-refractivity contribution in [2.75, 3.05) is 19.7 Å². The third kappa shape index (κ3) is 2.76. The van der Waals surface area contributed by atoms with Crippen LogP contribution in [0.2, 0.25) is 0 Å². The van der Waals surface area contributed by atoms with E-state index in [9.17, 15) is 0 Å². The lowest BCUT2D eigenvalue weighted by atomic mass is 9.90. The standard InChI is InChI=1S/C13H26N2O/c1-10-8-12(4-6-14-10)9-15-13(3)5-7-16-11(13)2/h10-12,14-15H,4-9H2,1-3H3. The van der Waals surface area contributed by atoms with Gasteiger partial charge in [0.25, 0.3) is 0 Å². The van der Waals surface area contributed by atoms with Crippen LogP contribution in [0.5, 0.6) is 0 Å². The highest BCUT2D eigenvalue weighted by molar-refractivity contribution is 4.94. The van der Waals surface area contributed by atoms with Crippen LogP contribution in [-0.2, 0) is 4.74 Å². The van der Waals surface area contributed by atoms with Crippen molar-refractivity contribution < 1.29 is 4.74 Å². The lowest BCUT2D eigenvalue weighted by molar-refractivity contribution is 0.0860. The van der Waals surface area contributed by atoms with Gasteiger partial charge in [-0.2, -0.15) is 0 Å². The van der Waals surface area contributed by atoms with E-state index in [1.807, 2.05) is 0 Å². The Balaban J connectivity index is 1.78. The molecular weight excluding hydrogens is 200 g/mol.